The zero-order valence-corrected chi connectivity index (χ0v) is 12.8. The zero-order valence-electron chi connectivity index (χ0n) is 12.8. The number of rotatable bonds is 4. The average molecular weight is 291 g/mol. The standard InChI is InChI=1S/C16H21NO4/c1-10(18)13-9-16(2,15(19)21-4)17-14(13)11-6-5-7-12(8-11)20-3/h5-8,13-14,17H,9H2,1-4H3/t13-,14-,16+/m0/s1. The molecule has 1 heterocycles. The fourth-order valence-electron chi connectivity index (χ4n) is 2.96. The first-order valence-corrected chi connectivity index (χ1v) is 6.92. The van der Waals surface area contributed by atoms with E-state index in [0.29, 0.717) is 6.42 Å². The van der Waals surface area contributed by atoms with E-state index in [9.17, 15) is 9.59 Å². The summed E-state index contributed by atoms with van der Waals surface area (Å²) in [6.45, 7) is 3.33. The van der Waals surface area contributed by atoms with Gasteiger partial charge in [0.05, 0.1) is 14.2 Å². The lowest BCUT2D eigenvalue weighted by atomic mass is 9.87. The van der Waals surface area contributed by atoms with Crippen LogP contribution in [0.1, 0.15) is 31.9 Å². The number of carbonyl (C=O) groups excluding carboxylic acids is 2. The minimum absolute atomic E-state index is 0.0583. The predicted molar refractivity (Wildman–Crippen MR) is 78.1 cm³/mol. The Morgan fingerprint density at radius 3 is 2.62 bits per heavy atom. The molecule has 1 fully saturated rings. The maximum atomic E-state index is 12.0. The van der Waals surface area contributed by atoms with Crippen LogP contribution in [0.4, 0.5) is 0 Å². The van der Waals surface area contributed by atoms with Crippen LogP contribution >= 0.6 is 0 Å². The minimum Gasteiger partial charge on any atom is -0.497 e. The number of ether oxygens (including phenoxy) is 2. The molecule has 5 nitrogen and oxygen atoms in total. The van der Waals surface area contributed by atoms with Crippen molar-refractivity contribution in [2.24, 2.45) is 5.92 Å². The summed E-state index contributed by atoms with van der Waals surface area (Å²) in [5.41, 5.74) is 0.0842. The van der Waals surface area contributed by atoms with Crippen LogP contribution in [0.25, 0.3) is 0 Å². The van der Waals surface area contributed by atoms with Crippen molar-refractivity contribution >= 4 is 11.8 Å². The Morgan fingerprint density at radius 2 is 2.05 bits per heavy atom. The molecular formula is C16H21NO4. The predicted octanol–water partition coefficient (Wildman–Crippen LogP) is 1.87. The van der Waals surface area contributed by atoms with Gasteiger partial charge in [0.1, 0.15) is 17.1 Å². The lowest BCUT2D eigenvalue weighted by Crippen LogP contribution is -2.45. The summed E-state index contributed by atoms with van der Waals surface area (Å²) in [5, 5.41) is 3.27. The van der Waals surface area contributed by atoms with Crippen LogP contribution < -0.4 is 10.1 Å². The second kappa shape index (κ2) is 5.85. The fraction of sp³-hybridized carbons (Fsp3) is 0.500. The molecule has 21 heavy (non-hydrogen) atoms. The van der Waals surface area contributed by atoms with Gasteiger partial charge in [0.15, 0.2) is 0 Å². The molecule has 1 aliphatic heterocycles. The average Bonchev–Trinajstić information content (AvgIpc) is 2.86. The maximum absolute atomic E-state index is 12.0. The molecule has 3 atom stereocenters. The highest BCUT2D eigenvalue weighted by atomic mass is 16.5. The summed E-state index contributed by atoms with van der Waals surface area (Å²) in [4.78, 5) is 23.9. The third kappa shape index (κ3) is 2.93. The lowest BCUT2D eigenvalue weighted by Gasteiger charge is -2.23. The quantitative estimate of drug-likeness (QED) is 0.858. The largest absolute Gasteiger partial charge is 0.497 e. The second-order valence-electron chi connectivity index (χ2n) is 5.64. The van der Waals surface area contributed by atoms with E-state index in [1.165, 1.54) is 7.11 Å². The van der Waals surface area contributed by atoms with Gasteiger partial charge in [-0.25, -0.2) is 0 Å². The van der Waals surface area contributed by atoms with E-state index >= 15 is 0 Å². The van der Waals surface area contributed by atoms with Crippen molar-refractivity contribution in [3.63, 3.8) is 0 Å². The number of hydrogen-bond donors (Lipinski definition) is 1. The number of hydrogen-bond acceptors (Lipinski definition) is 5. The Bertz CT molecular complexity index is 557. The Labute approximate surface area is 124 Å². The van der Waals surface area contributed by atoms with Crippen LogP contribution in [-0.2, 0) is 14.3 Å². The van der Waals surface area contributed by atoms with Gasteiger partial charge in [-0.2, -0.15) is 0 Å². The fourth-order valence-corrected chi connectivity index (χ4v) is 2.96. The van der Waals surface area contributed by atoms with Crippen LogP contribution in [0, 0.1) is 5.92 Å². The summed E-state index contributed by atoms with van der Waals surface area (Å²) >= 11 is 0. The third-order valence-electron chi connectivity index (χ3n) is 4.12. The number of Topliss-reactive ketones (excluding diaryl/α,β-unsaturated/α-hetero) is 1. The molecule has 1 aromatic carbocycles. The zero-order chi connectivity index (χ0) is 15.6. The summed E-state index contributed by atoms with van der Waals surface area (Å²) < 4.78 is 10.1. The molecule has 1 saturated heterocycles. The molecule has 1 N–H and O–H groups in total. The van der Waals surface area contributed by atoms with Crippen LogP contribution in [-0.4, -0.2) is 31.5 Å². The lowest BCUT2D eigenvalue weighted by molar-refractivity contribution is -0.147. The highest BCUT2D eigenvalue weighted by Gasteiger charge is 2.49. The summed E-state index contributed by atoms with van der Waals surface area (Å²) in [5.74, 6) is 0.173. The monoisotopic (exact) mass is 291 g/mol. The van der Waals surface area contributed by atoms with Crippen molar-refractivity contribution in [1.82, 2.24) is 5.32 Å². The number of carbonyl (C=O) groups is 2. The van der Waals surface area contributed by atoms with Gasteiger partial charge in [-0.05, 0) is 38.0 Å². The second-order valence-corrected chi connectivity index (χ2v) is 5.64. The van der Waals surface area contributed by atoms with Crippen molar-refractivity contribution in [1.29, 1.82) is 0 Å². The SMILES string of the molecule is COC(=O)[C@@]1(C)C[C@@H](C(C)=O)[C@H](c2cccc(OC)c2)N1. The van der Waals surface area contributed by atoms with Gasteiger partial charge in [-0.1, -0.05) is 12.1 Å². The minimum atomic E-state index is -0.848. The van der Waals surface area contributed by atoms with Crippen LogP contribution in [0.5, 0.6) is 5.75 Å². The van der Waals surface area contributed by atoms with E-state index in [2.05, 4.69) is 5.32 Å². The molecule has 114 valence electrons. The molecule has 0 aromatic heterocycles. The maximum Gasteiger partial charge on any atom is 0.325 e. The van der Waals surface area contributed by atoms with Gasteiger partial charge >= 0.3 is 5.97 Å². The summed E-state index contributed by atoms with van der Waals surface area (Å²) in [7, 11) is 2.96. The van der Waals surface area contributed by atoms with Crippen molar-refractivity contribution in [2.75, 3.05) is 14.2 Å². The molecule has 1 aromatic rings. The van der Waals surface area contributed by atoms with Crippen molar-refractivity contribution in [2.45, 2.75) is 31.8 Å². The van der Waals surface area contributed by atoms with Gasteiger partial charge in [0.25, 0.3) is 0 Å². The highest BCUT2D eigenvalue weighted by molar-refractivity contribution is 5.85. The van der Waals surface area contributed by atoms with Crippen molar-refractivity contribution in [3.05, 3.63) is 29.8 Å². The number of esters is 1. The molecule has 1 aliphatic rings. The Morgan fingerprint density at radius 1 is 1.33 bits per heavy atom. The van der Waals surface area contributed by atoms with Gasteiger partial charge in [0.2, 0.25) is 0 Å². The Kier molecular flexibility index (Phi) is 4.32. The van der Waals surface area contributed by atoms with Crippen LogP contribution in [0.2, 0.25) is 0 Å². The Balaban J connectivity index is 2.36. The van der Waals surface area contributed by atoms with E-state index in [0.717, 1.165) is 11.3 Å². The summed E-state index contributed by atoms with van der Waals surface area (Å²) in [6.07, 6.45) is 0.427. The van der Waals surface area contributed by atoms with Gasteiger partial charge in [-0.3, -0.25) is 14.9 Å². The van der Waals surface area contributed by atoms with E-state index in [-0.39, 0.29) is 23.7 Å². The first-order valence-electron chi connectivity index (χ1n) is 6.92. The number of benzene rings is 1. The molecule has 2 rings (SSSR count). The summed E-state index contributed by atoms with van der Waals surface area (Å²) in [6, 6.07) is 7.32. The number of ketones is 1. The smallest absolute Gasteiger partial charge is 0.325 e. The third-order valence-corrected chi connectivity index (χ3v) is 4.12. The van der Waals surface area contributed by atoms with Crippen molar-refractivity contribution < 1.29 is 19.1 Å². The number of methoxy groups -OCH3 is 2. The van der Waals surface area contributed by atoms with E-state index in [4.69, 9.17) is 9.47 Å². The topological polar surface area (TPSA) is 64.6 Å². The van der Waals surface area contributed by atoms with E-state index < -0.39 is 5.54 Å². The first-order chi connectivity index (χ1) is 9.91. The molecule has 0 amide bonds. The van der Waals surface area contributed by atoms with Crippen LogP contribution in [0.15, 0.2) is 24.3 Å². The molecule has 5 heteroatoms. The highest BCUT2D eigenvalue weighted by Crippen LogP contribution is 2.39. The van der Waals surface area contributed by atoms with Gasteiger partial charge < -0.3 is 9.47 Å². The molecule has 0 unspecified atom stereocenters. The van der Waals surface area contributed by atoms with Crippen LogP contribution in [0.3, 0.4) is 0 Å². The normalized spacial score (nSPS) is 28.2. The molecular weight excluding hydrogens is 270 g/mol. The van der Waals surface area contributed by atoms with Gasteiger partial charge in [-0.15, -0.1) is 0 Å². The molecule has 0 aliphatic carbocycles. The molecule has 0 saturated carbocycles. The molecule has 0 bridgehead atoms. The van der Waals surface area contributed by atoms with Gasteiger partial charge in [0, 0.05) is 12.0 Å². The molecule has 0 radical (unpaired) electrons. The van der Waals surface area contributed by atoms with Crippen molar-refractivity contribution in [3.8, 4) is 5.75 Å². The van der Waals surface area contributed by atoms with E-state index in [1.54, 1.807) is 21.0 Å². The Hall–Kier alpha value is -1.88. The first kappa shape index (κ1) is 15.5. The molecule has 0 spiro atoms. The van der Waals surface area contributed by atoms with E-state index in [1.807, 2.05) is 24.3 Å². The number of nitrogens with one attached hydrogen (secondary N) is 1.